The third-order valence-electron chi connectivity index (χ3n) is 5.70. The van der Waals surface area contributed by atoms with E-state index in [4.69, 9.17) is 9.47 Å². The van der Waals surface area contributed by atoms with E-state index in [9.17, 15) is 9.90 Å². The van der Waals surface area contributed by atoms with Crippen LogP contribution in [0.3, 0.4) is 0 Å². The largest absolute Gasteiger partial charge is 0.490 e. The van der Waals surface area contributed by atoms with Crippen LogP contribution in [0.1, 0.15) is 59.9 Å². The molecule has 1 N–H and O–H groups in total. The fourth-order valence-corrected chi connectivity index (χ4v) is 2.87. The molecule has 0 aliphatic heterocycles. The first-order valence-corrected chi connectivity index (χ1v) is 9.71. The molecule has 0 spiro atoms. The second-order valence-electron chi connectivity index (χ2n) is 8.62. The van der Waals surface area contributed by atoms with Crippen LogP contribution in [0.4, 0.5) is 0 Å². The number of hydrogen-bond acceptors (Lipinski definition) is 4. The van der Waals surface area contributed by atoms with Crippen molar-refractivity contribution in [3.8, 4) is 5.75 Å². The molecule has 1 aromatic carbocycles. The lowest BCUT2D eigenvalue weighted by molar-refractivity contribution is -0.142. The van der Waals surface area contributed by atoms with E-state index in [1.165, 1.54) is 0 Å². The van der Waals surface area contributed by atoms with Gasteiger partial charge in [-0.3, -0.25) is 0 Å². The standard InChI is InChI=1S/C23H36O4/c1-8-23(7,22(4,5)6)14-13-18-11-9-10-12-20(18)26-15-19(24)16-27-21(25)17(2)3/h9-12,19,24H,2,8,13-16H2,1,3-7H3. The molecule has 0 saturated carbocycles. The quantitative estimate of drug-likeness (QED) is 0.464. The number of benzene rings is 1. The van der Waals surface area contributed by atoms with Gasteiger partial charge in [-0.15, -0.1) is 0 Å². The monoisotopic (exact) mass is 376 g/mol. The van der Waals surface area contributed by atoms with E-state index in [0.717, 1.165) is 30.6 Å². The Morgan fingerprint density at radius 3 is 2.37 bits per heavy atom. The van der Waals surface area contributed by atoms with E-state index in [1.54, 1.807) is 6.92 Å². The third-order valence-corrected chi connectivity index (χ3v) is 5.70. The Morgan fingerprint density at radius 2 is 1.81 bits per heavy atom. The van der Waals surface area contributed by atoms with Crippen LogP contribution >= 0.6 is 0 Å². The highest BCUT2D eigenvalue weighted by atomic mass is 16.5. The van der Waals surface area contributed by atoms with Crippen molar-refractivity contribution in [2.24, 2.45) is 10.8 Å². The molecule has 1 rings (SSSR count). The Balaban J connectivity index is 2.66. The lowest BCUT2D eigenvalue weighted by Crippen LogP contribution is -2.32. The molecule has 2 atom stereocenters. The van der Waals surface area contributed by atoms with Crippen molar-refractivity contribution >= 4 is 5.97 Å². The number of aliphatic hydroxyl groups excluding tert-OH is 1. The first-order chi connectivity index (χ1) is 12.5. The van der Waals surface area contributed by atoms with Gasteiger partial charge in [0, 0.05) is 5.57 Å². The second-order valence-corrected chi connectivity index (χ2v) is 8.62. The summed E-state index contributed by atoms with van der Waals surface area (Å²) >= 11 is 0. The Morgan fingerprint density at radius 1 is 1.19 bits per heavy atom. The first kappa shape index (κ1) is 23.2. The van der Waals surface area contributed by atoms with Crippen molar-refractivity contribution in [1.29, 1.82) is 0 Å². The summed E-state index contributed by atoms with van der Waals surface area (Å²) in [5, 5.41) is 10.0. The zero-order chi connectivity index (χ0) is 20.7. The number of carbonyl (C=O) groups excluding carboxylic acids is 1. The average Bonchev–Trinajstić information content (AvgIpc) is 2.61. The van der Waals surface area contributed by atoms with Gasteiger partial charge in [-0.05, 0) is 42.2 Å². The van der Waals surface area contributed by atoms with Gasteiger partial charge in [0.15, 0.2) is 0 Å². The Hall–Kier alpha value is -1.81. The fourth-order valence-electron chi connectivity index (χ4n) is 2.87. The molecule has 0 aromatic heterocycles. The highest BCUT2D eigenvalue weighted by Crippen LogP contribution is 2.45. The predicted molar refractivity (Wildman–Crippen MR) is 110 cm³/mol. The topological polar surface area (TPSA) is 55.8 Å². The molecule has 1 aromatic rings. The van der Waals surface area contributed by atoms with E-state index >= 15 is 0 Å². The van der Waals surface area contributed by atoms with Crippen LogP contribution in [0.25, 0.3) is 0 Å². The fraction of sp³-hybridized carbons (Fsp3) is 0.609. The van der Waals surface area contributed by atoms with Crippen LogP contribution in [0.15, 0.2) is 36.4 Å². The summed E-state index contributed by atoms with van der Waals surface area (Å²) in [6.45, 7) is 16.5. The molecule has 27 heavy (non-hydrogen) atoms. The summed E-state index contributed by atoms with van der Waals surface area (Å²) in [5.74, 6) is 0.269. The van der Waals surface area contributed by atoms with Crippen LogP contribution in [-0.2, 0) is 16.0 Å². The second kappa shape index (κ2) is 9.93. The van der Waals surface area contributed by atoms with Gasteiger partial charge in [0.05, 0.1) is 0 Å². The SMILES string of the molecule is C=C(C)C(=O)OCC(O)COc1ccccc1CCC(C)(CC)C(C)(C)C. The number of hydrogen-bond donors (Lipinski definition) is 1. The van der Waals surface area contributed by atoms with Gasteiger partial charge >= 0.3 is 5.97 Å². The van der Waals surface area contributed by atoms with Crippen LogP contribution in [0.2, 0.25) is 0 Å². The maximum Gasteiger partial charge on any atom is 0.333 e. The van der Waals surface area contributed by atoms with Crippen LogP contribution in [0, 0.1) is 10.8 Å². The van der Waals surface area contributed by atoms with Gasteiger partial charge < -0.3 is 14.6 Å². The molecule has 0 radical (unpaired) electrons. The molecular formula is C23H36O4. The molecule has 0 saturated heterocycles. The van der Waals surface area contributed by atoms with Gasteiger partial charge in [-0.25, -0.2) is 4.79 Å². The predicted octanol–water partition coefficient (Wildman–Crippen LogP) is 4.94. The molecule has 0 heterocycles. The molecule has 0 aliphatic carbocycles. The summed E-state index contributed by atoms with van der Waals surface area (Å²) in [5.41, 5.74) is 1.90. The van der Waals surface area contributed by atoms with Gasteiger partial charge in [0.1, 0.15) is 25.1 Å². The van der Waals surface area contributed by atoms with Crippen molar-refractivity contribution in [3.63, 3.8) is 0 Å². The zero-order valence-corrected chi connectivity index (χ0v) is 17.8. The van der Waals surface area contributed by atoms with Crippen molar-refractivity contribution in [2.75, 3.05) is 13.2 Å². The van der Waals surface area contributed by atoms with Crippen molar-refractivity contribution < 1.29 is 19.4 Å². The number of para-hydroxylation sites is 1. The zero-order valence-electron chi connectivity index (χ0n) is 17.8. The minimum atomic E-state index is -0.878. The number of esters is 1. The van der Waals surface area contributed by atoms with E-state index < -0.39 is 12.1 Å². The molecule has 0 aliphatic rings. The van der Waals surface area contributed by atoms with Gasteiger partial charge in [-0.2, -0.15) is 0 Å². The van der Waals surface area contributed by atoms with Gasteiger partial charge in [0.25, 0.3) is 0 Å². The van der Waals surface area contributed by atoms with Gasteiger partial charge in [0.2, 0.25) is 0 Å². The number of aryl methyl sites for hydroxylation is 1. The summed E-state index contributed by atoms with van der Waals surface area (Å²) < 4.78 is 10.8. The number of rotatable bonds is 10. The summed E-state index contributed by atoms with van der Waals surface area (Å²) in [7, 11) is 0. The summed E-state index contributed by atoms with van der Waals surface area (Å²) in [6, 6.07) is 7.92. The smallest absolute Gasteiger partial charge is 0.333 e. The minimum Gasteiger partial charge on any atom is -0.490 e. The van der Waals surface area contributed by atoms with E-state index in [-0.39, 0.29) is 24.0 Å². The molecule has 0 fully saturated rings. The molecule has 0 bridgehead atoms. The molecular weight excluding hydrogens is 340 g/mol. The molecule has 4 heteroatoms. The normalized spacial score (nSPS) is 14.9. The lowest BCUT2D eigenvalue weighted by Gasteiger charge is -2.42. The molecule has 0 amide bonds. The minimum absolute atomic E-state index is 0.0742. The van der Waals surface area contributed by atoms with Crippen molar-refractivity contribution in [1.82, 2.24) is 0 Å². The molecule has 152 valence electrons. The van der Waals surface area contributed by atoms with Gasteiger partial charge in [-0.1, -0.05) is 65.8 Å². The highest BCUT2D eigenvalue weighted by molar-refractivity contribution is 5.86. The van der Waals surface area contributed by atoms with Crippen LogP contribution in [0.5, 0.6) is 5.75 Å². The summed E-state index contributed by atoms with van der Waals surface area (Å²) in [4.78, 5) is 11.4. The molecule has 2 unspecified atom stereocenters. The Labute approximate surface area is 164 Å². The first-order valence-electron chi connectivity index (χ1n) is 9.71. The van der Waals surface area contributed by atoms with E-state index in [1.807, 2.05) is 18.2 Å². The van der Waals surface area contributed by atoms with Crippen LogP contribution < -0.4 is 4.74 Å². The van der Waals surface area contributed by atoms with Crippen molar-refractivity contribution in [2.45, 2.75) is 66.9 Å². The Kier molecular flexibility index (Phi) is 8.55. The summed E-state index contributed by atoms with van der Waals surface area (Å²) in [6.07, 6.45) is 2.22. The number of carbonyl (C=O) groups is 1. The number of ether oxygens (including phenoxy) is 2. The van der Waals surface area contributed by atoms with E-state index in [0.29, 0.717) is 5.57 Å². The Bertz CT molecular complexity index is 630. The maximum atomic E-state index is 11.4. The maximum absolute atomic E-state index is 11.4. The van der Waals surface area contributed by atoms with Crippen LogP contribution in [-0.4, -0.2) is 30.4 Å². The van der Waals surface area contributed by atoms with Crippen molar-refractivity contribution in [3.05, 3.63) is 42.0 Å². The molecule has 4 nitrogen and oxygen atoms in total. The number of aliphatic hydroxyl groups is 1. The van der Waals surface area contributed by atoms with E-state index in [2.05, 4.69) is 47.3 Å². The third kappa shape index (κ3) is 7.02. The lowest BCUT2D eigenvalue weighted by atomic mass is 9.63. The highest BCUT2D eigenvalue weighted by Gasteiger charge is 2.35. The average molecular weight is 377 g/mol.